The van der Waals surface area contributed by atoms with Crippen LogP contribution in [0.5, 0.6) is 0 Å². The van der Waals surface area contributed by atoms with Crippen LogP contribution in [0.2, 0.25) is 0 Å². The van der Waals surface area contributed by atoms with Crippen molar-refractivity contribution in [2.75, 3.05) is 0 Å². The average molecular weight is 585 g/mol. The lowest BCUT2D eigenvalue weighted by Gasteiger charge is -2.01. The third kappa shape index (κ3) is 26.3. The summed E-state index contributed by atoms with van der Waals surface area (Å²) in [5, 5.41) is 0. The molecular formula is C43H68. The minimum atomic E-state index is 0.659. The minimum absolute atomic E-state index is 0.659. The van der Waals surface area contributed by atoms with Crippen molar-refractivity contribution < 1.29 is 0 Å². The van der Waals surface area contributed by atoms with E-state index in [4.69, 9.17) is 0 Å². The van der Waals surface area contributed by atoms with Gasteiger partial charge in [-0.1, -0.05) is 225 Å². The Hall–Kier alpha value is -3.12. The molecule has 0 heterocycles. The van der Waals surface area contributed by atoms with Crippen LogP contribution < -0.4 is 0 Å². The van der Waals surface area contributed by atoms with Crippen molar-refractivity contribution in [2.24, 2.45) is 0 Å². The molecule has 4 aromatic carbocycles. The van der Waals surface area contributed by atoms with Crippen molar-refractivity contribution in [3.05, 3.63) is 144 Å². The summed E-state index contributed by atoms with van der Waals surface area (Å²) in [5.74, 6) is 2.63. The number of benzene rings is 4. The molecule has 0 radical (unpaired) electrons. The Morgan fingerprint density at radius 2 is 0.419 bits per heavy atom. The molecule has 43 heavy (non-hydrogen) atoms. The molecule has 0 atom stereocenters. The predicted molar refractivity (Wildman–Crippen MR) is 201 cm³/mol. The summed E-state index contributed by atoms with van der Waals surface area (Å²) in [5.41, 5.74) is 5.66. The molecule has 0 aliphatic carbocycles. The van der Waals surface area contributed by atoms with Crippen LogP contribution in [0.1, 0.15) is 149 Å². The van der Waals surface area contributed by atoms with Crippen LogP contribution in [0.3, 0.4) is 0 Å². The number of hydrogen-bond acceptors (Lipinski definition) is 0. The molecule has 0 bridgehead atoms. The van der Waals surface area contributed by atoms with E-state index in [9.17, 15) is 0 Å². The largest absolute Gasteiger partial charge is 0.0683 e. The van der Waals surface area contributed by atoms with Crippen molar-refractivity contribution in [1.29, 1.82) is 0 Å². The Balaban J connectivity index is -0.000000463. The fraction of sp³-hybridized carbons (Fsp3) is 0.442. The van der Waals surface area contributed by atoms with Gasteiger partial charge in [0.05, 0.1) is 0 Å². The monoisotopic (exact) mass is 585 g/mol. The Labute approximate surface area is 270 Å². The highest BCUT2D eigenvalue weighted by molar-refractivity contribution is 5.19. The van der Waals surface area contributed by atoms with Gasteiger partial charge in [0.15, 0.2) is 0 Å². The van der Waals surface area contributed by atoms with E-state index in [1.54, 1.807) is 0 Å². The highest BCUT2D eigenvalue weighted by Gasteiger charge is 1.95. The van der Waals surface area contributed by atoms with Gasteiger partial charge < -0.3 is 0 Å². The van der Waals surface area contributed by atoms with Crippen LogP contribution in [0.4, 0.5) is 0 Å². The molecule has 0 saturated carbocycles. The van der Waals surface area contributed by atoms with Crippen LogP contribution >= 0.6 is 0 Å². The minimum Gasteiger partial charge on any atom is -0.0683 e. The second-order valence-corrected chi connectivity index (χ2v) is 11.0. The maximum atomic E-state index is 2.20. The zero-order chi connectivity index (χ0) is 33.5. The lowest BCUT2D eigenvalue weighted by atomic mass is 10.0. The van der Waals surface area contributed by atoms with E-state index in [0.717, 1.165) is 0 Å². The van der Waals surface area contributed by atoms with Gasteiger partial charge in [-0.25, -0.2) is 0 Å². The highest BCUT2D eigenvalue weighted by atomic mass is 14.0. The first-order chi connectivity index (χ1) is 20.6. The summed E-state index contributed by atoms with van der Waals surface area (Å²) in [6.07, 6.45) is 1.25. The molecule has 0 spiro atoms. The SMILES string of the molecule is CC.CC.CC(C)c1ccccc1.CC(C)c1ccccc1.CC(C)c1ccccc1.CC(C)c1ccccc1.CCC. The molecule has 0 unspecified atom stereocenters. The van der Waals surface area contributed by atoms with Gasteiger partial charge in [-0.2, -0.15) is 0 Å². The van der Waals surface area contributed by atoms with Crippen molar-refractivity contribution in [3.63, 3.8) is 0 Å². The smallest absolute Gasteiger partial charge is 0.0219 e. The summed E-state index contributed by atoms with van der Waals surface area (Å²) in [4.78, 5) is 0. The summed E-state index contributed by atoms with van der Waals surface area (Å²) < 4.78 is 0. The Morgan fingerprint density at radius 1 is 0.302 bits per heavy atom. The average Bonchev–Trinajstić information content (AvgIpc) is 3.06. The van der Waals surface area contributed by atoms with Crippen molar-refractivity contribution in [2.45, 2.75) is 127 Å². The molecule has 4 rings (SSSR count). The Morgan fingerprint density at radius 3 is 0.488 bits per heavy atom. The zero-order valence-corrected chi connectivity index (χ0v) is 30.6. The predicted octanol–water partition coefficient (Wildman–Crippen LogP) is 14.7. The van der Waals surface area contributed by atoms with E-state index in [0.29, 0.717) is 23.7 Å². The molecule has 0 fully saturated rings. The molecule has 0 saturated heterocycles. The Kier molecular flexibility index (Phi) is 32.8. The summed E-state index contributed by atoms with van der Waals surface area (Å²) >= 11 is 0. The molecule has 4 aromatic rings. The molecule has 0 heteroatoms. The molecule has 240 valence electrons. The van der Waals surface area contributed by atoms with Gasteiger partial charge in [0, 0.05) is 0 Å². The van der Waals surface area contributed by atoms with E-state index in [-0.39, 0.29) is 0 Å². The molecule has 0 aromatic heterocycles. The molecule has 0 nitrogen and oxygen atoms in total. The molecule has 0 aliphatic rings. The molecule has 0 aliphatic heterocycles. The first kappa shape index (κ1) is 44.3. The number of rotatable bonds is 4. The van der Waals surface area contributed by atoms with Crippen LogP contribution in [-0.4, -0.2) is 0 Å². The van der Waals surface area contributed by atoms with Gasteiger partial charge in [0.25, 0.3) is 0 Å². The summed E-state index contributed by atoms with van der Waals surface area (Å²) in [6.45, 7) is 29.9. The fourth-order valence-corrected chi connectivity index (χ4v) is 3.35. The second kappa shape index (κ2) is 31.8. The normalized spacial score (nSPS) is 9.16. The van der Waals surface area contributed by atoms with E-state index >= 15 is 0 Å². The maximum Gasteiger partial charge on any atom is -0.0219 e. The van der Waals surface area contributed by atoms with Crippen LogP contribution in [0.25, 0.3) is 0 Å². The van der Waals surface area contributed by atoms with Crippen LogP contribution in [0.15, 0.2) is 121 Å². The Bertz CT molecular complexity index is 840. The first-order valence-corrected chi connectivity index (χ1v) is 16.8. The van der Waals surface area contributed by atoms with Gasteiger partial charge >= 0.3 is 0 Å². The third-order valence-corrected chi connectivity index (χ3v) is 5.86. The third-order valence-electron chi connectivity index (χ3n) is 5.86. The van der Waals surface area contributed by atoms with Gasteiger partial charge in [0.1, 0.15) is 0 Å². The zero-order valence-electron chi connectivity index (χ0n) is 30.6. The van der Waals surface area contributed by atoms with Gasteiger partial charge in [-0.05, 0) is 45.9 Å². The molecular weight excluding hydrogens is 516 g/mol. The molecule has 0 N–H and O–H groups in total. The van der Waals surface area contributed by atoms with Crippen LogP contribution in [0, 0.1) is 0 Å². The van der Waals surface area contributed by atoms with Crippen LogP contribution in [-0.2, 0) is 0 Å². The van der Waals surface area contributed by atoms with Gasteiger partial charge in [-0.3, -0.25) is 0 Å². The van der Waals surface area contributed by atoms with Crippen molar-refractivity contribution >= 4 is 0 Å². The first-order valence-electron chi connectivity index (χ1n) is 16.8. The summed E-state index contributed by atoms with van der Waals surface area (Å²) in [7, 11) is 0. The fourth-order valence-electron chi connectivity index (χ4n) is 3.35. The van der Waals surface area contributed by atoms with E-state index in [2.05, 4.69) is 166 Å². The summed E-state index contributed by atoms with van der Waals surface area (Å²) in [6, 6.07) is 42.1. The van der Waals surface area contributed by atoms with Gasteiger partial charge in [0.2, 0.25) is 0 Å². The standard InChI is InChI=1S/4C9H12.C3H8.2C2H6/c4*1-8(2)9-6-4-3-5-7-9;1-3-2;2*1-2/h4*3-8H,1-2H3;3H2,1-2H3;2*1-2H3. The van der Waals surface area contributed by atoms with E-state index < -0.39 is 0 Å². The van der Waals surface area contributed by atoms with E-state index in [1.165, 1.54) is 28.7 Å². The number of hydrogen-bond donors (Lipinski definition) is 0. The molecule has 0 amide bonds. The van der Waals surface area contributed by atoms with Gasteiger partial charge in [-0.15, -0.1) is 0 Å². The highest BCUT2D eigenvalue weighted by Crippen LogP contribution is 2.13. The van der Waals surface area contributed by atoms with Crippen molar-refractivity contribution in [3.8, 4) is 0 Å². The van der Waals surface area contributed by atoms with E-state index in [1.807, 2.05) is 52.0 Å². The quantitative estimate of drug-likeness (QED) is 0.224. The topological polar surface area (TPSA) is 0 Å². The lowest BCUT2D eigenvalue weighted by Crippen LogP contribution is -1.83. The maximum absolute atomic E-state index is 2.20. The van der Waals surface area contributed by atoms with Crippen molar-refractivity contribution in [1.82, 2.24) is 0 Å². The lowest BCUT2D eigenvalue weighted by molar-refractivity contribution is 0.867. The second-order valence-electron chi connectivity index (χ2n) is 11.0.